The van der Waals surface area contributed by atoms with Crippen molar-refractivity contribution in [1.29, 1.82) is 0 Å². The van der Waals surface area contributed by atoms with Gasteiger partial charge < -0.3 is 88.3 Å². The molecule has 90 heavy (non-hydrogen) atoms. The summed E-state index contributed by atoms with van der Waals surface area (Å²) in [6.45, 7) is 4.23. The number of fused-ring (bicyclic) bond motifs is 3. The number of carboxylic acids is 6. The van der Waals surface area contributed by atoms with E-state index in [1.54, 1.807) is 36.4 Å². The number of aromatic carboxylic acids is 6. The maximum Gasteiger partial charge on any atom is 1.00 e. The van der Waals surface area contributed by atoms with Crippen molar-refractivity contribution in [2.24, 2.45) is 0 Å². The monoisotopic (exact) mass is 1260 g/mol. The SMILES string of the molecule is O=C([O-])c1cncc(CN2CC(Oc3ccc4c(c3C(=O)O)OB(O)CC4)C2)n1.O=C([O-])c1cncc(CN2CC(Oc3ccc4c(c3C(=O)O)OB(O)CC4)C2)n1.O=C([O-])c1cncc(CN2CC(Oc3ccc4c(c3C(=O)O)OB(O)CC4)C2)n1.[Na+].[Na+].[Na+]. The van der Waals surface area contributed by atoms with Crippen molar-refractivity contribution in [3.05, 3.63) is 141 Å². The number of aromatic nitrogens is 6. The maximum atomic E-state index is 11.8. The molecule has 12 rings (SSSR count). The molecular weight excluding hydrogens is 1210 g/mol. The molecule has 6 aromatic rings. The zero-order valence-corrected chi connectivity index (χ0v) is 54.8. The van der Waals surface area contributed by atoms with E-state index in [-0.39, 0.29) is 175 Å². The minimum Gasteiger partial charge on any atom is -0.543 e. The number of nitrogens with zero attached hydrogens (tertiary/aromatic N) is 9. The van der Waals surface area contributed by atoms with Gasteiger partial charge in [-0.05, 0) is 73.1 Å². The molecular formula is C54H51B3N9Na3O21. The molecule has 0 radical (unpaired) electrons. The molecule has 3 saturated heterocycles. The van der Waals surface area contributed by atoms with Gasteiger partial charge in [0, 0.05) is 77.5 Å². The Bertz CT molecular complexity index is 3280. The van der Waals surface area contributed by atoms with Crippen LogP contribution in [0.2, 0.25) is 19.0 Å². The summed E-state index contributed by atoms with van der Waals surface area (Å²) in [7, 11) is -3.10. The van der Waals surface area contributed by atoms with Crippen molar-refractivity contribution in [2.45, 2.75) is 76.2 Å². The average molecular weight is 1260 g/mol. The molecule has 6 aliphatic rings. The topological polar surface area (TPSA) is 435 Å². The molecule has 6 aliphatic heterocycles. The van der Waals surface area contributed by atoms with E-state index >= 15 is 0 Å². The van der Waals surface area contributed by atoms with Crippen LogP contribution in [0.25, 0.3) is 0 Å². The summed E-state index contributed by atoms with van der Waals surface area (Å²) in [5, 5.41) is 90.5. The first-order chi connectivity index (χ1) is 41.7. The fraction of sp³-hybridized carbons (Fsp3) is 0.333. The van der Waals surface area contributed by atoms with Crippen LogP contribution in [0.5, 0.6) is 34.5 Å². The van der Waals surface area contributed by atoms with Crippen LogP contribution in [0.1, 0.15) is 96.3 Å². The molecule has 0 aliphatic carbocycles. The number of hydrogen-bond donors (Lipinski definition) is 6. The van der Waals surface area contributed by atoms with Gasteiger partial charge in [-0.2, -0.15) is 0 Å². The Labute approximate surface area is 579 Å². The summed E-state index contributed by atoms with van der Waals surface area (Å²) < 4.78 is 33.6. The van der Waals surface area contributed by atoms with Gasteiger partial charge in [0.05, 0.1) is 53.6 Å². The molecule has 0 atom stereocenters. The Morgan fingerprint density at radius 2 is 0.700 bits per heavy atom. The number of aryl methyl sites for hydroxylation is 3. The maximum absolute atomic E-state index is 11.8. The summed E-state index contributed by atoms with van der Waals surface area (Å²) in [5.74, 6) is -6.68. The van der Waals surface area contributed by atoms with E-state index in [1.165, 1.54) is 18.6 Å². The van der Waals surface area contributed by atoms with Crippen molar-refractivity contribution in [2.75, 3.05) is 39.3 Å². The largest absolute Gasteiger partial charge is 1.00 e. The molecule has 0 amide bonds. The first-order valence-electron chi connectivity index (χ1n) is 27.2. The second-order valence-corrected chi connectivity index (χ2v) is 20.9. The van der Waals surface area contributed by atoms with Crippen LogP contribution in [0, 0.1) is 0 Å². The second-order valence-electron chi connectivity index (χ2n) is 20.9. The molecule has 3 aromatic carbocycles. The van der Waals surface area contributed by atoms with Crippen LogP contribution >= 0.6 is 0 Å². The van der Waals surface area contributed by atoms with Crippen molar-refractivity contribution >= 4 is 57.2 Å². The van der Waals surface area contributed by atoms with Crippen molar-refractivity contribution in [3.8, 4) is 34.5 Å². The number of benzene rings is 3. The minimum absolute atomic E-state index is 0. The van der Waals surface area contributed by atoms with E-state index in [0.717, 1.165) is 35.3 Å². The van der Waals surface area contributed by atoms with Crippen molar-refractivity contribution in [3.63, 3.8) is 0 Å². The Balaban J connectivity index is 0.000000189. The average Bonchev–Trinajstić information content (AvgIpc) is 2.01. The number of likely N-dealkylation sites (tertiary alicyclic amines) is 3. The Kier molecular flexibility index (Phi) is 25.0. The van der Waals surface area contributed by atoms with E-state index < -0.39 is 57.2 Å². The third-order valence-corrected chi connectivity index (χ3v) is 14.5. The third kappa shape index (κ3) is 17.5. The van der Waals surface area contributed by atoms with Gasteiger partial charge in [0.25, 0.3) is 0 Å². The van der Waals surface area contributed by atoms with Gasteiger partial charge >= 0.3 is 128 Å². The van der Waals surface area contributed by atoms with Crippen LogP contribution in [-0.4, -0.2) is 190 Å². The number of hydrogen-bond acceptors (Lipinski definition) is 27. The predicted octanol–water partition coefficient (Wildman–Crippen LogP) is -11.3. The summed E-state index contributed by atoms with van der Waals surface area (Å²) in [5.41, 5.74) is 2.71. The van der Waals surface area contributed by atoms with Crippen LogP contribution < -0.4 is 132 Å². The van der Waals surface area contributed by atoms with Crippen LogP contribution in [-0.2, 0) is 38.9 Å². The summed E-state index contributed by atoms with van der Waals surface area (Å²) in [6, 6.07) is 10.1. The predicted molar refractivity (Wildman–Crippen MR) is 290 cm³/mol. The van der Waals surface area contributed by atoms with Crippen molar-refractivity contribution in [1.82, 2.24) is 44.6 Å². The van der Waals surface area contributed by atoms with Crippen LogP contribution in [0.15, 0.2) is 73.6 Å². The molecule has 0 saturated carbocycles. The van der Waals surface area contributed by atoms with Crippen LogP contribution in [0.4, 0.5) is 0 Å². The fourth-order valence-corrected chi connectivity index (χ4v) is 10.3. The van der Waals surface area contributed by atoms with E-state index in [1.807, 2.05) is 14.7 Å². The summed E-state index contributed by atoms with van der Waals surface area (Å²) in [4.78, 5) is 97.2. The number of carbonyl (C=O) groups excluding carboxylic acids is 3. The third-order valence-electron chi connectivity index (χ3n) is 14.5. The number of carboxylic acid groups (broad SMARTS) is 6. The first kappa shape index (κ1) is 70.9. The molecule has 3 fully saturated rings. The van der Waals surface area contributed by atoms with E-state index in [4.69, 9.17) is 28.2 Å². The molecule has 36 heteroatoms. The molecule has 450 valence electrons. The zero-order chi connectivity index (χ0) is 61.6. The van der Waals surface area contributed by atoms with Gasteiger partial charge in [0.1, 0.15) is 86.6 Å². The Morgan fingerprint density at radius 1 is 0.444 bits per heavy atom. The normalized spacial score (nSPS) is 16.0. The molecule has 0 bridgehead atoms. The van der Waals surface area contributed by atoms with Gasteiger partial charge in [0.2, 0.25) is 0 Å². The van der Waals surface area contributed by atoms with Crippen LogP contribution in [0.3, 0.4) is 0 Å². The van der Waals surface area contributed by atoms with E-state index in [2.05, 4.69) is 29.9 Å². The quantitative estimate of drug-likeness (QED) is 0.0435. The van der Waals surface area contributed by atoms with E-state index in [0.29, 0.717) is 114 Å². The van der Waals surface area contributed by atoms with Gasteiger partial charge in [-0.3, -0.25) is 29.7 Å². The van der Waals surface area contributed by atoms with Gasteiger partial charge in [-0.25, -0.2) is 29.3 Å². The molecule has 30 nitrogen and oxygen atoms in total. The standard InChI is InChI=1S/3C18H18BN3O7.3Na/c3*23-17(24)13-6-20-5-11(21-13)7-22-8-12(9-22)28-14-2-1-10-3-4-19(27)29-16(10)15(14)18(25)26;;;/h3*1-2,5-6,12,27H,3-4,7-9H2,(H,23,24)(H,25,26);;;/q;;;3*+1/p-3. The second kappa shape index (κ2) is 31.7. The van der Waals surface area contributed by atoms with Crippen molar-refractivity contribution < 1.29 is 191 Å². The number of rotatable bonds is 18. The summed E-state index contributed by atoms with van der Waals surface area (Å²) >= 11 is 0. The number of carbonyl (C=O) groups is 6. The Morgan fingerprint density at radius 3 is 0.933 bits per heavy atom. The van der Waals surface area contributed by atoms with E-state index in [9.17, 15) is 74.5 Å². The molecule has 6 N–H and O–H groups in total. The zero-order valence-electron chi connectivity index (χ0n) is 48.8. The molecule has 0 spiro atoms. The Hall–Kier alpha value is -6.53. The minimum atomic E-state index is -1.38. The first-order valence-corrected chi connectivity index (χ1v) is 27.2. The van der Waals surface area contributed by atoms with Gasteiger partial charge in [-0.1, -0.05) is 18.2 Å². The van der Waals surface area contributed by atoms with Gasteiger partial charge in [0.15, 0.2) is 0 Å². The molecule has 3 aromatic heterocycles. The van der Waals surface area contributed by atoms with Gasteiger partial charge in [-0.15, -0.1) is 0 Å². The molecule has 0 unspecified atom stereocenters. The smallest absolute Gasteiger partial charge is 0.543 e. The number of ether oxygens (including phenoxy) is 3. The summed E-state index contributed by atoms with van der Waals surface area (Å²) in [6.07, 6.45) is 9.92. The fourth-order valence-electron chi connectivity index (χ4n) is 10.3. The molecule has 9 heterocycles.